The van der Waals surface area contributed by atoms with Crippen molar-refractivity contribution < 1.29 is 4.79 Å². The van der Waals surface area contributed by atoms with E-state index in [0.717, 1.165) is 24.1 Å². The average Bonchev–Trinajstić information content (AvgIpc) is 2.94. The first-order valence-corrected chi connectivity index (χ1v) is 7.26. The fourth-order valence-corrected chi connectivity index (χ4v) is 2.94. The molecule has 0 heterocycles. The molecule has 3 N–H and O–H groups in total. The van der Waals surface area contributed by atoms with Crippen molar-refractivity contribution in [3.63, 3.8) is 0 Å². The first-order valence-electron chi connectivity index (χ1n) is 7.26. The lowest BCUT2D eigenvalue weighted by Crippen LogP contribution is -2.35. The lowest BCUT2D eigenvalue weighted by Gasteiger charge is -2.27. The van der Waals surface area contributed by atoms with Crippen LogP contribution in [0.1, 0.15) is 54.9 Å². The Kier molecular flexibility index (Phi) is 4.59. The summed E-state index contributed by atoms with van der Waals surface area (Å²) in [6, 6.07) is 7.54. The van der Waals surface area contributed by atoms with E-state index in [1.165, 1.54) is 25.7 Å². The zero-order valence-electron chi connectivity index (χ0n) is 11.7. The molecule has 0 aromatic heterocycles. The molecule has 0 aliphatic heterocycles. The Morgan fingerprint density at radius 1 is 1.26 bits per heavy atom. The topological polar surface area (TPSA) is 55.1 Å². The van der Waals surface area contributed by atoms with Gasteiger partial charge in [-0.25, -0.2) is 0 Å². The van der Waals surface area contributed by atoms with E-state index in [0.29, 0.717) is 12.0 Å². The van der Waals surface area contributed by atoms with E-state index in [9.17, 15) is 4.79 Å². The van der Waals surface area contributed by atoms with Gasteiger partial charge in [0.15, 0.2) is 0 Å². The summed E-state index contributed by atoms with van der Waals surface area (Å²) in [5.74, 6) is 0.0308. The number of nitrogens with one attached hydrogen (secondary N) is 1. The minimum atomic E-state index is 0.0308. The van der Waals surface area contributed by atoms with Gasteiger partial charge in [-0.2, -0.15) is 0 Å². The number of hydrogen-bond donors (Lipinski definition) is 2. The molecule has 3 nitrogen and oxygen atoms in total. The largest absolute Gasteiger partial charge is 0.351 e. The standard InChI is InChI=1S/C16H24N2O/c1-2-16(9-3-4-10-16)12-18-15(19)14-7-5-13(11-17)6-8-14/h5-8H,2-4,9-12,17H2,1H3,(H,18,19). The number of rotatable bonds is 5. The summed E-state index contributed by atoms with van der Waals surface area (Å²) >= 11 is 0. The molecule has 0 atom stereocenters. The normalized spacial score (nSPS) is 17.4. The number of hydrogen-bond acceptors (Lipinski definition) is 2. The molecule has 0 spiro atoms. The van der Waals surface area contributed by atoms with Gasteiger partial charge in [0.2, 0.25) is 0 Å². The SMILES string of the molecule is CCC1(CNC(=O)c2ccc(CN)cc2)CCCC1. The van der Waals surface area contributed by atoms with E-state index in [2.05, 4.69) is 12.2 Å². The van der Waals surface area contributed by atoms with E-state index in [-0.39, 0.29) is 5.91 Å². The summed E-state index contributed by atoms with van der Waals surface area (Å²) in [7, 11) is 0. The molecule has 3 heteroatoms. The average molecular weight is 260 g/mol. The van der Waals surface area contributed by atoms with E-state index in [1.807, 2.05) is 24.3 Å². The van der Waals surface area contributed by atoms with Crippen molar-refractivity contribution >= 4 is 5.91 Å². The Morgan fingerprint density at radius 3 is 2.42 bits per heavy atom. The van der Waals surface area contributed by atoms with E-state index in [1.54, 1.807) is 0 Å². The maximum Gasteiger partial charge on any atom is 0.251 e. The van der Waals surface area contributed by atoms with E-state index in [4.69, 9.17) is 5.73 Å². The van der Waals surface area contributed by atoms with Gasteiger partial charge < -0.3 is 11.1 Å². The number of amides is 1. The van der Waals surface area contributed by atoms with Gasteiger partial charge >= 0.3 is 0 Å². The fourth-order valence-electron chi connectivity index (χ4n) is 2.94. The highest BCUT2D eigenvalue weighted by Gasteiger charge is 2.32. The molecule has 2 rings (SSSR count). The molecular weight excluding hydrogens is 236 g/mol. The van der Waals surface area contributed by atoms with Crippen LogP contribution in [0.2, 0.25) is 0 Å². The van der Waals surface area contributed by atoms with E-state index < -0.39 is 0 Å². The number of nitrogens with two attached hydrogens (primary N) is 1. The summed E-state index contributed by atoms with van der Waals surface area (Å²) in [4.78, 5) is 12.1. The third-order valence-corrected chi connectivity index (χ3v) is 4.49. The van der Waals surface area contributed by atoms with Gasteiger partial charge in [-0.05, 0) is 42.4 Å². The predicted octanol–water partition coefficient (Wildman–Crippen LogP) is 2.85. The second-order valence-electron chi connectivity index (χ2n) is 5.64. The first kappa shape index (κ1) is 14.1. The monoisotopic (exact) mass is 260 g/mol. The van der Waals surface area contributed by atoms with Crippen LogP contribution in [-0.2, 0) is 6.54 Å². The Bertz CT molecular complexity index is 419. The van der Waals surface area contributed by atoms with Crippen LogP contribution in [0.5, 0.6) is 0 Å². The second kappa shape index (κ2) is 6.20. The van der Waals surface area contributed by atoms with Crippen molar-refractivity contribution in [2.45, 2.75) is 45.6 Å². The highest BCUT2D eigenvalue weighted by molar-refractivity contribution is 5.94. The van der Waals surface area contributed by atoms with E-state index >= 15 is 0 Å². The van der Waals surface area contributed by atoms with Gasteiger partial charge in [-0.15, -0.1) is 0 Å². The van der Waals surface area contributed by atoms with Crippen LogP contribution in [0.15, 0.2) is 24.3 Å². The molecule has 1 fully saturated rings. The molecule has 0 radical (unpaired) electrons. The Hall–Kier alpha value is -1.35. The van der Waals surface area contributed by atoms with Crippen LogP contribution in [-0.4, -0.2) is 12.5 Å². The summed E-state index contributed by atoms with van der Waals surface area (Å²) in [5.41, 5.74) is 7.67. The van der Waals surface area contributed by atoms with Gasteiger partial charge in [0.05, 0.1) is 0 Å². The quantitative estimate of drug-likeness (QED) is 0.855. The van der Waals surface area contributed by atoms with Crippen LogP contribution in [0.4, 0.5) is 0 Å². The Balaban J connectivity index is 1.93. The van der Waals surface area contributed by atoms with Gasteiger partial charge in [0.1, 0.15) is 0 Å². The minimum Gasteiger partial charge on any atom is -0.351 e. The predicted molar refractivity (Wildman–Crippen MR) is 77.9 cm³/mol. The van der Waals surface area contributed by atoms with Crippen molar-refractivity contribution in [3.8, 4) is 0 Å². The van der Waals surface area contributed by atoms with Gasteiger partial charge in [0, 0.05) is 18.7 Å². The number of carbonyl (C=O) groups excluding carboxylic acids is 1. The van der Waals surface area contributed by atoms with Crippen molar-refractivity contribution in [1.82, 2.24) is 5.32 Å². The zero-order chi connectivity index (χ0) is 13.7. The molecule has 0 bridgehead atoms. The molecule has 1 aromatic rings. The van der Waals surface area contributed by atoms with Crippen LogP contribution < -0.4 is 11.1 Å². The van der Waals surface area contributed by atoms with Crippen LogP contribution in [0.3, 0.4) is 0 Å². The van der Waals surface area contributed by atoms with Gasteiger partial charge in [-0.3, -0.25) is 4.79 Å². The lowest BCUT2D eigenvalue weighted by atomic mass is 9.83. The maximum atomic E-state index is 12.1. The first-order chi connectivity index (χ1) is 9.19. The highest BCUT2D eigenvalue weighted by atomic mass is 16.1. The van der Waals surface area contributed by atoms with Crippen LogP contribution in [0, 0.1) is 5.41 Å². The van der Waals surface area contributed by atoms with Crippen molar-refractivity contribution in [3.05, 3.63) is 35.4 Å². The van der Waals surface area contributed by atoms with Crippen LogP contribution in [0.25, 0.3) is 0 Å². The molecular formula is C16H24N2O. The zero-order valence-corrected chi connectivity index (χ0v) is 11.7. The molecule has 1 aromatic carbocycles. The van der Waals surface area contributed by atoms with Crippen molar-refractivity contribution in [2.75, 3.05) is 6.54 Å². The molecule has 0 saturated heterocycles. The Morgan fingerprint density at radius 2 is 1.89 bits per heavy atom. The highest BCUT2D eigenvalue weighted by Crippen LogP contribution is 2.40. The molecule has 1 aliphatic carbocycles. The fraction of sp³-hybridized carbons (Fsp3) is 0.562. The number of carbonyl (C=O) groups is 1. The minimum absolute atomic E-state index is 0.0308. The summed E-state index contributed by atoms with van der Waals surface area (Å²) in [5, 5.41) is 3.10. The lowest BCUT2D eigenvalue weighted by molar-refractivity contribution is 0.0929. The molecule has 19 heavy (non-hydrogen) atoms. The maximum absolute atomic E-state index is 12.1. The third kappa shape index (κ3) is 3.35. The van der Waals surface area contributed by atoms with Crippen molar-refractivity contribution in [2.24, 2.45) is 11.1 Å². The van der Waals surface area contributed by atoms with Crippen molar-refractivity contribution in [1.29, 1.82) is 0 Å². The second-order valence-corrected chi connectivity index (χ2v) is 5.64. The molecule has 1 aliphatic rings. The van der Waals surface area contributed by atoms with Gasteiger partial charge in [0.25, 0.3) is 5.91 Å². The third-order valence-electron chi connectivity index (χ3n) is 4.49. The molecule has 1 saturated carbocycles. The number of benzene rings is 1. The molecule has 104 valence electrons. The summed E-state index contributed by atoms with van der Waals surface area (Å²) < 4.78 is 0. The molecule has 1 amide bonds. The smallest absolute Gasteiger partial charge is 0.251 e. The summed E-state index contributed by atoms with van der Waals surface area (Å²) in [6.45, 7) is 3.55. The Labute approximate surface area is 115 Å². The van der Waals surface area contributed by atoms with Gasteiger partial charge in [-0.1, -0.05) is 31.9 Å². The summed E-state index contributed by atoms with van der Waals surface area (Å²) in [6.07, 6.45) is 6.25. The van der Waals surface area contributed by atoms with Crippen LogP contribution >= 0.6 is 0 Å². The molecule has 0 unspecified atom stereocenters.